The van der Waals surface area contributed by atoms with E-state index in [1.54, 1.807) is 32.4 Å². The van der Waals surface area contributed by atoms with Gasteiger partial charge in [0.05, 0.1) is 26.7 Å². The number of hydrogen-bond acceptors (Lipinski definition) is 4. The summed E-state index contributed by atoms with van der Waals surface area (Å²) >= 11 is 0. The predicted molar refractivity (Wildman–Crippen MR) is 106 cm³/mol. The number of nitrogens with one attached hydrogen (secondary N) is 1. The minimum Gasteiger partial charge on any atom is -0.497 e. The lowest BCUT2D eigenvalue weighted by Crippen LogP contribution is -2.29. The molecule has 1 unspecified atom stereocenters. The summed E-state index contributed by atoms with van der Waals surface area (Å²) in [6.07, 6.45) is 0.428. The van der Waals surface area contributed by atoms with Crippen LogP contribution in [0.25, 0.3) is 0 Å². The first-order chi connectivity index (χ1) is 12.9. The molecule has 1 atom stereocenters. The largest absolute Gasteiger partial charge is 0.497 e. The van der Waals surface area contributed by atoms with Gasteiger partial charge in [0.15, 0.2) is 0 Å². The number of benzene rings is 2. The molecular weight excluding hydrogens is 342 g/mol. The highest BCUT2D eigenvalue weighted by Crippen LogP contribution is 2.29. The van der Waals surface area contributed by atoms with Gasteiger partial charge in [-0.15, -0.1) is 0 Å². The van der Waals surface area contributed by atoms with E-state index in [2.05, 4.69) is 31.3 Å². The highest BCUT2D eigenvalue weighted by Gasteiger charge is 2.16. The van der Waals surface area contributed by atoms with Gasteiger partial charge < -0.3 is 19.9 Å². The molecule has 5 heteroatoms. The number of aliphatic hydroxyl groups is 1. The molecule has 2 rings (SSSR count). The summed E-state index contributed by atoms with van der Waals surface area (Å²) in [6.45, 7) is 4.47. The molecule has 0 saturated heterocycles. The van der Waals surface area contributed by atoms with Gasteiger partial charge in [-0.05, 0) is 41.7 Å². The van der Waals surface area contributed by atoms with Crippen molar-refractivity contribution in [3.05, 3.63) is 59.2 Å². The minimum atomic E-state index is -0.882. The second-order valence-corrected chi connectivity index (χ2v) is 7.02. The average Bonchev–Trinajstić information content (AvgIpc) is 2.66. The number of carbonyl (C=O) groups is 1. The first-order valence-electron chi connectivity index (χ1n) is 9.17. The molecule has 0 aliphatic rings. The van der Waals surface area contributed by atoms with Crippen LogP contribution in [0.4, 0.5) is 0 Å². The first kappa shape index (κ1) is 20.8. The lowest BCUT2D eigenvalue weighted by atomic mass is 10.0. The Morgan fingerprint density at radius 3 is 2.30 bits per heavy atom. The summed E-state index contributed by atoms with van der Waals surface area (Å²) in [7, 11) is 3.10. The van der Waals surface area contributed by atoms with Gasteiger partial charge in [0.25, 0.3) is 0 Å². The number of aliphatic hydroxyl groups excluding tert-OH is 1. The van der Waals surface area contributed by atoms with Gasteiger partial charge in [-0.2, -0.15) is 0 Å². The van der Waals surface area contributed by atoms with Crippen LogP contribution in [0.15, 0.2) is 42.5 Å². The molecule has 146 valence electrons. The Labute approximate surface area is 161 Å². The van der Waals surface area contributed by atoms with Crippen molar-refractivity contribution < 1.29 is 19.4 Å². The van der Waals surface area contributed by atoms with Crippen molar-refractivity contribution in [1.29, 1.82) is 0 Å². The third kappa shape index (κ3) is 6.29. The molecule has 1 amide bonds. The van der Waals surface area contributed by atoms with Crippen LogP contribution in [0.2, 0.25) is 0 Å². The molecule has 0 saturated carbocycles. The monoisotopic (exact) mass is 371 g/mol. The second kappa shape index (κ2) is 9.97. The molecule has 0 aliphatic carbocycles. The van der Waals surface area contributed by atoms with Crippen LogP contribution in [0.1, 0.15) is 36.6 Å². The molecule has 2 aromatic carbocycles. The predicted octanol–water partition coefficient (Wildman–Crippen LogP) is 3.29. The SMILES string of the molecule is COc1ccc(OC)c(C(O)CNC(=O)Cc2ccc(CC(C)C)cc2)c1. The zero-order valence-corrected chi connectivity index (χ0v) is 16.5. The van der Waals surface area contributed by atoms with Gasteiger partial charge in [0.2, 0.25) is 5.91 Å². The molecule has 0 bridgehead atoms. The van der Waals surface area contributed by atoms with Crippen molar-refractivity contribution in [3.63, 3.8) is 0 Å². The Morgan fingerprint density at radius 2 is 1.70 bits per heavy atom. The summed E-state index contributed by atoms with van der Waals surface area (Å²) in [5, 5.41) is 13.2. The van der Waals surface area contributed by atoms with Crippen LogP contribution < -0.4 is 14.8 Å². The summed E-state index contributed by atoms with van der Waals surface area (Å²) in [4.78, 5) is 12.2. The minimum absolute atomic E-state index is 0.105. The molecular formula is C22H29NO4. The smallest absolute Gasteiger partial charge is 0.224 e. The molecule has 0 spiro atoms. The number of amides is 1. The van der Waals surface area contributed by atoms with Gasteiger partial charge in [0, 0.05) is 12.1 Å². The molecule has 2 N–H and O–H groups in total. The third-order valence-electron chi connectivity index (χ3n) is 4.32. The average molecular weight is 371 g/mol. The van der Waals surface area contributed by atoms with Gasteiger partial charge >= 0.3 is 0 Å². The lowest BCUT2D eigenvalue weighted by Gasteiger charge is -2.16. The molecule has 5 nitrogen and oxygen atoms in total. The summed E-state index contributed by atoms with van der Waals surface area (Å²) in [6, 6.07) is 13.3. The van der Waals surface area contributed by atoms with Crippen LogP contribution in [-0.2, 0) is 17.6 Å². The number of ether oxygens (including phenoxy) is 2. The van der Waals surface area contributed by atoms with Crippen LogP contribution >= 0.6 is 0 Å². The number of carbonyl (C=O) groups excluding carboxylic acids is 1. The fourth-order valence-electron chi connectivity index (χ4n) is 2.93. The summed E-state index contributed by atoms with van der Waals surface area (Å²) < 4.78 is 10.5. The molecule has 2 aromatic rings. The van der Waals surface area contributed by atoms with E-state index in [1.807, 2.05) is 12.1 Å². The Morgan fingerprint density at radius 1 is 1.04 bits per heavy atom. The van der Waals surface area contributed by atoms with Crippen molar-refractivity contribution in [1.82, 2.24) is 5.32 Å². The maximum absolute atomic E-state index is 12.2. The Bertz CT molecular complexity index is 740. The van der Waals surface area contributed by atoms with Crippen molar-refractivity contribution in [3.8, 4) is 11.5 Å². The van der Waals surface area contributed by atoms with Crippen molar-refractivity contribution in [2.45, 2.75) is 32.8 Å². The number of rotatable bonds is 9. The Balaban J connectivity index is 1.91. The van der Waals surface area contributed by atoms with Gasteiger partial charge in [-0.1, -0.05) is 38.1 Å². The topological polar surface area (TPSA) is 67.8 Å². The summed E-state index contributed by atoms with van der Waals surface area (Å²) in [5.41, 5.74) is 2.80. The van der Waals surface area contributed by atoms with Gasteiger partial charge in [-0.25, -0.2) is 0 Å². The van der Waals surface area contributed by atoms with E-state index in [0.717, 1.165) is 12.0 Å². The quantitative estimate of drug-likeness (QED) is 0.710. The van der Waals surface area contributed by atoms with Crippen molar-refractivity contribution in [2.75, 3.05) is 20.8 Å². The van der Waals surface area contributed by atoms with E-state index in [9.17, 15) is 9.90 Å². The standard InChI is InChI=1S/C22H29NO4/c1-15(2)11-16-5-7-17(8-6-16)12-22(25)23-14-20(24)19-13-18(26-3)9-10-21(19)27-4/h5-10,13,15,20,24H,11-12,14H2,1-4H3,(H,23,25). The maximum Gasteiger partial charge on any atom is 0.224 e. The molecule has 0 aliphatic heterocycles. The zero-order valence-electron chi connectivity index (χ0n) is 16.5. The molecule has 0 fully saturated rings. The van der Waals surface area contributed by atoms with Crippen LogP contribution in [0.5, 0.6) is 11.5 Å². The summed E-state index contributed by atoms with van der Waals surface area (Å²) in [5.74, 6) is 1.65. The Hall–Kier alpha value is -2.53. The van der Waals surface area contributed by atoms with Crippen LogP contribution in [-0.4, -0.2) is 31.8 Å². The van der Waals surface area contributed by atoms with Gasteiger partial charge in [0.1, 0.15) is 11.5 Å². The van der Waals surface area contributed by atoms with Crippen LogP contribution in [0, 0.1) is 5.92 Å². The number of methoxy groups -OCH3 is 2. The fraction of sp³-hybridized carbons (Fsp3) is 0.409. The maximum atomic E-state index is 12.2. The first-order valence-corrected chi connectivity index (χ1v) is 9.17. The molecule has 27 heavy (non-hydrogen) atoms. The highest BCUT2D eigenvalue weighted by molar-refractivity contribution is 5.78. The fourth-order valence-corrected chi connectivity index (χ4v) is 2.93. The van der Waals surface area contributed by atoms with Crippen LogP contribution in [0.3, 0.4) is 0 Å². The van der Waals surface area contributed by atoms with E-state index in [1.165, 1.54) is 5.56 Å². The zero-order chi connectivity index (χ0) is 19.8. The second-order valence-electron chi connectivity index (χ2n) is 7.02. The number of hydrogen-bond donors (Lipinski definition) is 2. The van der Waals surface area contributed by atoms with Crippen molar-refractivity contribution >= 4 is 5.91 Å². The van der Waals surface area contributed by atoms with E-state index < -0.39 is 6.10 Å². The van der Waals surface area contributed by atoms with E-state index in [-0.39, 0.29) is 18.9 Å². The lowest BCUT2D eigenvalue weighted by molar-refractivity contribution is -0.120. The van der Waals surface area contributed by atoms with E-state index in [0.29, 0.717) is 23.0 Å². The van der Waals surface area contributed by atoms with E-state index in [4.69, 9.17) is 9.47 Å². The highest BCUT2D eigenvalue weighted by atomic mass is 16.5. The van der Waals surface area contributed by atoms with E-state index >= 15 is 0 Å². The van der Waals surface area contributed by atoms with Gasteiger partial charge in [-0.3, -0.25) is 4.79 Å². The molecule has 0 heterocycles. The third-order valence-corrected chi connectivity index (χ3v) is 4.32. The Kier molecular flexibility index (Phi) is 7.67. The normalized spacial score (nSPS) is 11.9. The molecule has 0 aromatic heterocycles. The van der Waals surface area contributed by atoms with Crippen molar-refractivity contribution in [2.24, 2.45) is 5.92 Å². The molecule has 0 radical (unpaired) electrons.